The van der Waals surface area contributed by atoms with Gasteiger partial charge in [0.25, 0.3) is 0 Å². The molecule has 0 aliphatic rings. The van der Waals surface area contributed by atoms with Crippen molar-refractivity contribution in [2.24, 2.45) is 0 Å². The number of nitrogens with zero attached hydrogens (tertiary/aromatic N) is 4. The van der Waals surface area contributed by atoms with E-state index in [0.29, 0.717) is 5.56 Å². The van der Waals surface area contributed by atoms with Crippen LogP contribution in [-0.4, -0.2) is 32.2 Å². The van der Waals surface area contributed by atoms with Gasteiger partial charge in [0.2, 0.25) is 5.78 Å². The summed E-state index contributed by atoms with van der Waals surface area (Å²) in [4.78, 5) is 24.8. The number of pyridine rings is 1. The fourth-order valence-electron chi connectivity index (χ4n) is 2.84. The van der Waals surface area contributed by atoms with E-state index in [-0.39, 0.29) is 34.2 Å². The zero-order valence-corrected chi connectivity index (χ0v) is 14.6. The molecule has 0 fully saturated rings. The van der Waals surface area contributed by atoms with Gasteiger partial charge in [-0.25, -0.2) is 18.7 Å². The summed E-state index contributed by atoms with van der Waals surface area (Å²) < 4.78 is 34.7. The van der Waals surface area contributed by atoms with Crippen molar-refractivity contribution < 1.29 is 18.3 Å². The van der Waals surface area contributed by atoms with E-state index in [0.717, 1.165) is 6.20 Å². The van der Waals surface area contributed by atoms with E-state index in [1.165, 1.54) is 48.3 Å². The topological polar surface area (TPSA) is 95.4 Å². The van der Waals surface area contributed by atoms with E-state index >= 15 is 0 Å². The Balaban J connectivity index is 1.79. The number of halogens is 2. The fourth-order valence-corrected chi connectivity index (χ4v) is 2.84. The van der Waals surface area contributed by atoms with Crippen LogP contribution in [-0.2, 0) is 0 Å². The maximum Gasteiger partial charge on any atom is 0.214 e. The van der Waals surface area contributed by atoms with Crippen LogP contribution in [0.5, 0.6) is 5.75 Å². The van der Waals surface area contributed by atoms with Crippen LogP contribution in [0, 0.1) is 11.6 Å². The molecule has 0 saturated heterocycles. The van der Waals surface area contributed by atoms with Crippen LogP contribution in [0.15, 0.2) is 49.1 Å². The Hall–Kier alpha value is -3.88. The number of aromatic nitrogens is 4. The second-order valence-corrected chi connectivity index (χ2v) is 5.88. The zero-order valence-electron chi connectivity index (χ0n) is 14.6. The molecule has 3 heterocycles. The molecule has 0 unspecified atom stereocenters. The van der Waals surface area contributed by atoms with Crippen molar-refractivity contribution in [1.82, 2.24) is 19.4 Å². The first-order valence-electron chi connectivity index (χ1n) is 8.11. The van der Waals surface area contributed by atoms with Crippen LogP contribution >= 0.6 is 0 Å². The molecule has 28 heavy (non-hydrogen) atoms. The van der Waals surface area contributed by atoms with E-state index in [9.17, 15) is 13.6 Å². The Morgan fingerprint density at radius 1 is 1.11 bits per heavy atom. The molecule has 0 aliphatic carbocycles. The van der Waals surface area contributed by atoms with Gasteiger partial charge in [-0.1, -0.05) is 0 Å². The van der Waals surface area contributed by atoms with Crippen LogP contribution in [0.25, 0.3) is 16.9 Å². The molecule has 9 heteroatoms. The first-order valence-corrected chi connectivity index (χ1v) is 8.11. The molecule has 0 amide bonds. The van der Waals surface area contributed by atoms with Crippen molar-refractivity contribution in [3.05, 3.63) is 71.9 Å². The fraction of sp³-hybridized carbons (Fsp3) is 0.0526. The number of anilines is 1. The molecule has 4 rings (SSSR count). The van der Waals surface area contributed by atoms with Gasteiger partial charge in [-0.2, -0.15) is 0 Å². The molecule has 1 aromatic carbocycles. The number of nitrogen functional groups attached to an aromatic ring is 1. The predicted molar refractivity (Wildman–Crippen MR) is 97.0 cm³/mol. The Morgan fingerprint density at radius 3 is 2.68 bits per heavy atom. The highest BCUT2D eigenvalue weighted by Crippen LogP contribution is 2.26. The average molecular weight is 381 g/mol. The lowest BCUT2D eigenvalue weighted by molar-refractivity contribution is 0.102. The van der Waals surface area contributed by atoms with Crippen molar-refractivity contribution in [2.45, 2.75) is 0 Å². The molecular weight excluding hydrogens is 368 g/mol. The molecule has 0 aliphatic heterocycles. The first-order chi connectivity index (χ1) is 13.5. The minimum Gasteiger partial charge on any atom is -0.494 e. The SMILES string of the molecule is COc1ccc(-c2cc(C(=O)c3cnc4c(N)nccn34)c(F)cn2)cc1F. The monoisotopic (exact) mass is 381 g/mol. The zero-order chi connectivity index (χ0) is 19.8. The highest BCUT2D eigenvalue weighted by molar-refractivity contribution is 6.09. The van der Waals surface area contributed by atoms with E-state index in [1.54, 1.807) is 6.07 Å². The van der Waals surface area contributed by atoms with Crippen molar-refractivity contribution in [2.75, 3.05) is 12.8 Å². The van der Waals surface area contributed by atoms with Gasteiger partial charge in [-0.3, -0.25) is 14.2 Å². The number of carbonyl (C=O) groups is 1. The molecule has 0 atom stereocenters. The number of benzene rings is 1. The van der Waals surface area contributed by atoms with E-state index in [1.807, 2.05) is 0 Å². The van der Waals surface area contributed by atoms with Gasteiger partial charge in [0.15, 0.2) is 28.8 Å². The summed E-state index contributed by atoms with van der Waals surface area (Å²) in [6.07, 6.45) is 5.13. The van der Waals surface area contributed by atoms with E-state index < -0.39 is 17.4 Å². The maximum atomic E-state index is 14.4. The highest BCUT2D eigenvalue weighted by Gasteiger charge is 2.20. The summed E-state index contributed by atoms with van der Waals surface area (Å²) in [6, 6.07) is 5.46. The first kappa shape index (κ1) is 17.5. The number of hydrogen-bond acceptors (Lipinski definition) is 6. The molecule has 3 aromatic heterocycles. The second kappa shape index (κ2) is 6.69. The number of imidazole rings is 1. The summed E-state index contributed by atoms with van der Waals surface area (Å²) in [5.41, 5.74) is 6.53. The van der Waals surface area contributed by atoms with Crippen LogP contribution in [0.1, 0.15) is 16.1 Å². The smallest absolute Gasteiger partial charge is 0.214 e. The Kier molecular flexibility index (Phi) is 4.19. The van der Waals surface area contributed by atoms with E-state index in [4.69, 9.17) is 10.5 Å². The maximum absolute atomic E-state index is 14.4. The van der Waals surface area contributed by atoms with Gasteiger partial charge >= 0.3 is 0 Å². The third-order valence-electron chi connectivity index (χ3n) is 4.24. The Labute approximate surface area is 157 Å². The molecule has 7 nitrogen and oxygen atoms in total. The minimum absolute atomic E-state index is 0.0686. The molecule has 0 bridgehead atoms. The third kappa shape index (κ3) is 2.82. The number of nitrogens with two attached hydrogens (primary N) is 1. The minimum atomic E-state index is -0.806. The van der Waals surface area contributed by atoms with Gasteiger partial charge in [-0.05, 0) is 24.3 Å². The van der Waals surface area contributed by atoms with Crippen LogP contribution in [0.2, 0.25) is 0 Å². The third-order valence-corrected chi connectivity index (χ3v) is 4.24. The average Bonchev–Trinajstić information content (AvgIpc) is 3.13. The van der Waals surface area contributed by atoms with Crippen molar-refractivity contribution >= 4 is 17.2 Å². The Morgan fingerprint density at radius 2 is 1.93 bits per heavy atom. The summed E-state index contributed by atoms with van der Waals surface area (Å²) in [5.74, 6) is -1.80. The lowest BCUT2D eigenvalue weighted by Gasteiger charge is -2.08. The molecule has 4 aromatic rings. The number of methoxy groups -OCH3 is 1. The van der Waals surface area contributed by atoms with Crippen molar-refractivity contribution in [3.8, 4) is 17.0 Å². The van der Waals surface area contributed by atoms with Gasteiger partial charge in [0.05, 0.1) is 30.8 Å². The largest absolute Gasteiger partial charge is 0.494 e. The van der Waals surface area contributed by atoms with Gasteiger partial charge in [0.1, 0.15) is 5.69 Å². The second-order valence-electron chi connectivity index (χ2n) is 5.88. The summed E-state index contributed by atoms with van der Waals surface area (Å²) in [7, 11) is 1.35. The molecule has 0 radical (unpaired) electrons. The standard InChI is InChI=1S/C19H13F2N5O2/c1-28-16-3-2-10(6-12(16)20)14-7-11(13(21)8-24-14)17(27)15-9-25-19-18(22)23-4-5-26(15)19/h2-9H,1H3,(H2,22,23). The molecule has 0 spiro atoms. The Bertz CT molecular complexity index is 1220. The molecule has 0 saturated carbocycles. The van der Waals surface area contributed by atoms with Crippen LogP contribution < -0.4 is 10.5 Å². The molecule has 140 valence electrons. The predicted octanol–water partition coefficient (Wildman–Crippen LogP) is 2.89. The van der Waals surface area contributed by atoms with Gasteiger partial charge in [0, 0.05) is 18.0 Å². The van der Waals surface area contributed by atoms with Gasteiger partial charge in [-0.15, -0.1) is 0 Å². The van der Waals surface area contributed by atoms with Crippen molar-refractivity contribution in [3.63, 3.8) is 0 Å². The number of rotatable bonds is 4. The summed E-state index contributed by atoms with van der Waals surface area (Å²) in [6.45, 7) is 0. The number of ether oxygens (including phenoxy) is 1. The van der Waals surface area contributed by atoms with Crippen LogP contribution in [0.3, 0.4) is 0 Å². The number of fused-ring (bicyclic) bond motifs is 1. The molecular formula is C19H13F2N5O2. The lowest BCUT2D eigenvalue weighted by Crippen LogP contribution is -2.09. The highest BCUT2D eigenvalue weighted by atomic mass is 19.1. The van der Waals surface area contributed by atoms with Crippen LogP contribution in [0.4, 0.5) is 14.6 Å². The normalized spacial score (nSPS) is 11.0. The summed E-state index contributed by atoms with van der Waals surface area (Å²) >= 11 is 0. The number of ketones is 1. The van der Waals surface area contributed by atoms with Crippen molar-refractivity contribution in [1.29, 1.82) is 0 Å². The summed E-state index contributed by atoms with van der Waals surface area (Å²) in [5, 5.41) is 0. The quantitative estimate of drug-likeness (QED) is 0.546. The number of hydrogen-bond donors (Lipinski definition) is 1. The molecule has 2 N–H and O–H groups in total. The lowest BCUT2D eigenvalue weighted by atomic mass is 10.0. The number of carbonyl (C=O) groups excluding carboxylic acids is 1. The van der Waals surface area contributed by atoms with Gasteiger partial charge < -0.3 is 10.5 Å². The van der Waals surface area contributed by atoms with E-state index in [2.05, 4.69) is 15.0 Å².